The Bertz CT molecular complexity index is 2920. The molecule has 0 heteroatoms. The average Bonchev–Trinajstić information content (AvgIpc) is 3.19. The average molecular weight is 633 g/mol. The molecule has 4 aliphatic carbocycles. The molecular formula is C50H32. The van der Waals surface area contributed by atoms with Crippen LogP contribution in [-0.2, 0) is 0 Å². The van der Waals surface area contributed by atoms with E-state index in [0.29, 0.717) is 5.92 Å². The summed E-state index contributed by atoms with van der Waals surface area (Å²) in [7, 11) is 0. The van der Waals surface area contributed by atoms with Crippen LogP contribution in [0.3, 0.4) is 0 Å². The summed E-state index contributed by atoms with van der Waals surface area (Å²) in [6, 6.07) is 52.4. The molecule has 0 radical (unpaired) electrons. The first kappa shape index (κ1) is 27.7. The number of hydrogen-bond acceptors (Lipinski definition) is 0. The second kappa shape index (κ2) is 10.6. The molecule has 9 aromatic carbocycles. The van der Waals surface area contributed by atoms with Crippen LogP contribution in [0.15, 0.2) is 175 Å². The van der Waals surface area contributed by atoms with E-state index in [0.717, 1.165) is 6.42 Å². The van der Waals surface area contributed by atoms with Gasteiger partial charge in [-0.3, -0.25) is 0 Å². The minimum atomic E-state index is 0.432. The van der Waals surface area contributed by atoms with E-state index in [1.807, 2.05) is 0 Å². The van der Waals surface area contributed by atoms with E-state index in [4.69, 9.17) is 0 Å². The third-order valence-electron chi connectivity index (χ3n) is 11.3. The summed E-state index contributed by atoms with van der Waals surface area (Å²) in [5, 5.41) is 19.4. The first-order valence-electron chi connectivity index (χ1n) is 17.7. The van der Waals surface area contributed by atoms with Gasteiger partial charge in [0.15, 0.2) is 0 Å². The molecule has 0 heterocycles. The number of rotatable bonds is 0. The molecule has 0 nitrogen and oxygen atoms in total. The van der Waals surface area contributed by atoms with Crippen LogP contribution in [0.2, 0.25) is 0 Å². The number of fused-ring (bicyclic) bond motifs is 1. The third-order valence-corrected chi connectivity index (χ3v) is 11.3. The normalized spacial score (nSPS) is 16.0. The van der Waals surface area contributed by atoms with Crippen LogP contribution in [-0.4, -0.2) is 0 Å². The highest BCUT2D eigenvalue weighted by Crippen LogP contribution is 2.51. The topological polar surface area (TPSA) is 0 Å². The van der Waals surface area contributed by atoms with Gasteiger partial charge in [0.25, 0.3) is 0 Å². The van der Waals surface area contributed by atoms with Crippen molar-refractivity contribution in [1.82, 2.24) is 0 Å². The van der Waals surface area contributed by atoms with E-state index in [-0.39, 0.29) is 0 Å². The van der Waals surface area contributed by atoms with Crippen molar-refractivity contribution >= 4 is 82.4 Å². The highest BCUT2D eigenvalue weighted by atomic mass is 14.4. The smallest absolute Gasteiger partial charge is 0.0361 e. The maximum atomic E-state index is 2.41. The Balaban J connectivity index is 0.0000000994. The zero-order valence-corrected chi connectivity index (χ0v) is 27.5. The molecule has 0 aromatic heterocycles. The Morgan fingerprint density at radius 3 is 1.50 bits per heavy atom. The highest BCUT2D eigenvalue weighted by molar-refractivity contribution is 6.23. The molecule has 9 aromatic rings. The second-order valence-corrected chi connectivity index (χ2v) is 13.9. The molecule has 13 rings (SSSR count). The fourth-order valence-electron chi connectivity index (χ4n) is 9.10. The fourth-order valence-corrected chi connectivity index (χ4v) is 9.10. The predicted octanol–water partition coefficient (Wildman–Crippen LogP) is 11.7. The van der Waals surface area contributed by atoms with E-state index in [9.17, 15) is 0 Å². The van der Waals surface area contributed by atoms with E-state index in [1.165, 1.54) is 91.8 Å². The van der Waals surface area contributed by atoms with Crippen molar-refractivity contribution in [3.8, 4) is 0 Å². The quantitative estimate of drug-likeness (QED) is 0.146. The van der Waals surface area contributed by atoms with Crippen molar-refractivity contribution in [1.29, 1.82) is 0 Å². The van der Waals surface area contributed by atoms with Crippen molar-refractivity contribution in [2.24, 2.45) is 0 Å². The fraction of sp³-hybridized carbons (Fsp3) is 0.0400. The molecule has 1 atom stereocenters. The van der Waals surface area contributed by atoms with Gasteiger partial charge in [0.05, 0.1) is 0 Å². The lowest BCUT2D eigenvalue weighted by Gasteiger charge is -2.36. The van der Waals surface area contributed by atoms with Gasteiger partial charge in [0.2, 0.25) is 0 Å². The van der Waals surface area contributed by atoms with Crippen molar-refractivity contribution < 1.29 is 0 Å². The lowest BCUT2D eigenvalue weighted by molar-refractivity contribution is 0.995. The first-order chi connectivity index (χ1) is 24.8. The minimum absolute atomic E-state index is 0.432. The Morgan fingerprint density at radius 1 is 0.400 bits per heavy atom. The van der Waals surface area contributed by atoms with Crippen LogP contribution in [0.1, 0.15) is 23.5 Å². The zero-order chi connectivity index (χ0) is 32.8. The summed E-state index contributed by atoms with van der Waals surface area (Å²) >= 11 is 0. The standard InChI is InChI=1S/C24H14.C16H10.C10H8/c1-2-14-5-6-16-9-11-18-12-10-17-8-7-15-4-3-13(1)19-20(14)22(16)24(18)23(17)21(15)19;1-3-11-7-9-13-5-2-6-14-10-8-12(4-1)15(11)16(13)14;1-2-6-10-8-4-3-7-9(10)5-1/h1-11,22H,12H2;1-10H;1-8H. The van der Waals surface area contributed by atoms with Gasteiger partial charge in [0, 0.05) is 5.92 Å². The van der Waals surface area contributed by atoms with Crippen LogP contribution >= 0.6 is 0 Å². The lowest BCUT2D eigenvalue weighted by atomic mass is 9.67. The molecule has 0 spiro atoms. The number of hydrogen-bond donors (Lipinski definition) is 0. The molecule has 0 N–H and O–H groups in total. The number of benzene rings is 9. The Hall–Kier alpha value is -6.24. The SMILES string of the molecule is C1=Cc2ccc3ccc4ccc5c6c4c3c2C2C1=CC=C(CC=5)C=62.c1cc2ccc3cccc4ccc(c1)c2c34.c1ccc2ccccc2c1. The summed E-state index contributed by atoms with van der Waals surface area (Å²) < 4.78 is 0. The van der Waals surface area contributed by atoms with E-state index < -0.39 is 0 Å². The van der Waals surface area contributed by atoms with Crippen LogP contribution in [0.5, 0.6) is 0 Å². The van der Waals surface area contributed by atoms with E-state index >= 15 is 0 Å². The molecular weight excluding hydrogens is 601 g/mol. The Labute approximate surface area is 290 Å². The van der Waals surface area contributed by atoms with Crippen molar-refractivity contribution in [2.45, 2.75) is 12.3 Å². The van der Waals surface area contributed by atoms with Crippen molar-refractivity contribution in [2.75, 3.05) is 0 Å². The predicted molar refractivity (Wildman–Crippen MR) is 215 cm³/mol. The van der Waals surface area contributed by atoms with Gasteiger partial charge in [-0.05, 0) is 109 Å². The maximum Gasteiger partial charge on any atom is 0.0361 e. The molecule has 0 saturated carbocycles. The highest BCUT2D eigenvalue weighted by Gasteiger charge is 2.35. The Kier molecular flexibility index (Phi) is 5.89. The van der Waals surface area contributed by atoms with Gasteiger partial charge in [0.1, 0.15) is 0 Å². The van der Waals surface area contributed by atoms with Gasteiger partial charge in [-0.25, -0.2) is 0 Å². The third kappa shape index (κ3) is 4.00. The second-order valence-electron chi connectivity index (χ2n) is 13.9. The van der Waals surface area contributed by atoms with Crippen LogP contribution < -0.4 is 10.4 Å². The zero-order valence-electron chi connectivity index (χ0n) is 27.5. The summed E-state index contributed by atoms with van der Waals surface area (Å²) in [6.45, 7) is 0. The molecule has 0 saturated heterocycles. The largest absolute Gasteiger partial charge is 0.0722 e. The molecule has 0 amide bonds. The molecule has 50 heavy (non-hydrogen) atoms. The maximum absolute atomic E-state index is 2.41. The van der Waals surface area contributed by atoms with Crippen LogP contribution in [0, 0.1) is 0 Å². The van der Waals surface area contributed by atoms with Crippen LogP contribution in [0.25, 0.3) is 82.4 Å². The molecule has 1 unspecified atom stereocenters. The molecule has 0 aliphatic heterocycles. The summed E-state index contributed by atoms with van der Waals surface area (Å²) in [5.41, 5.74) is 7.48. The molecule has 4 aliphatic rings. The van der Waals surface area contributed by atoms with Gasteiger partial charge in [-0.2, -0.15) is 0 Å². The van der Waals surface area contributed by atoms with E-state index in [2.05, 4.69) is 176 Å². The summed E-state index contributed by atoms with van der Waals surface area (Å²) in [4.78, 5) is 0. The molecule has 232 valence electrons. The minimum Gasteiger partial charge on any atom is -0.0722 e. The summed E-state index contributed by atoms with van der Waals surface area (Å²) in [6.07, 6.45) is 12.8. The first-order valence-corrected chi connectivity index (χ1v) is 17.7. The van der Waals surface area contributed by atoms with Crippen molar-refractivity contribution in [3.05, 3.63) is 197 Å². The van der Waals surface area contributed by atoms with Crippen LogP contribution in [0.4, 0.5) is 0 Å². The number of allylic oxidation sites excluding steroid dienone is 5. The van der Waals surface area contributed by atoms with Gasteiger partial charge >= 0.3 is 0 Å². The van der Waals surface area contributed by atoms with Crippen molar-refractivity contribution in [3.63, 3.8) is 0 Å². The van der Waals surface area contributed by atoms with Gasteiger partial charge < -0.3 is 0 Å². The molecule has 0 fully saturated rings. The monoisotopic (exact) mass is 632 g/mol. The van der Waals surface area contributed by atoms with Gasteiger partial charge in [-0.15, -0.1) is 0 Å². The van der Waals surface area contributed by atoms with Gasteiger partial charge in [-0.1, -0.05) is 176 Å². The molecule has 0 bridgehead atoms. The lowest BCUT2D eigenvalue weighted by Crippen LogP contribution is -2.36. The Morgan fingerprint density at radius 2 is 0.900 bits per heavy atom. The van der Waals surface area contributed by atoms with E-state index in [1.54, 1.807) is 11.1 Å². The summed E-state index contributed by atoms with van der Waals surface area (Å²) in [5.74, 6) is 0.432.